The topological polar surface area (TPSA) is 92.9 Å². The molecule has 1 aromatic carbocycles. The molecule has 3 amide bonds. The lowest BCUT2D eigenvalue weighted by Gasteiger charge is -2.32. The van der Waals surface area contributed by atoms with Crippen LogP contribution in [0.3, 0.4) is 0 Å². The van der Waals surface area contributed by atoms with Gasteiger partial charge in [-0.25, -0.2) is 0 Å². The van der Waals surface area contributed by atoms with E-state index in [-0.39, 0.29) is 36.2 Å². The number of ether oxygens (including phenoxy) is 1. The first-order valence-corrected chi connectivity index (χ1v) is 8.60. The molecule has 0 spiro atoms. The highest BCUT2D eigenvalue weighted by Gasteiger charge is 2.34. The summed E-state index contributed by atoms with van der Waals surface area (Å²) in [5.41, 5.74) is 6.56. The van der Waals surface area contributed by atoms with E-state index in [1.165, 1.54) is 13.1 Å². The summed E-state index contributed by atoms with van der Waals surface area (Å²) in [6, 6.07) is 4.72. The number of rotatable bonds is 5. The van der Waals surface area contributed by atoms with Crippen LogP contribution in [-0.4, -0.2) is 66.9 Å². The van der Waals surface area contributed by atoms with Gasteiger partial charge < -0.3 is 15.4 Å². The normalized spacial score (nSPS) is 17.3. The summed E-state index contributed by atoms with van der Waals surface area (Å²) in [6.45, 7) is 2.52. The van der Waals surface area contributed by atoms with E-state index < -0.39 is 0 Å². The number of carbonyl (C=O) groups excluding carboxylic acids is 3. The fraction of sp³-hybridized carbons (Fsp3) is 0.500. The van der Waals surface area contributed by atoms with E-state index in [0.717, 1.165) is 24.2 Å². The maximum atomic E-state index is 12.7. The molecule has 3 rings (SSSR count). The van der Waals surface area contributed by atoms with Crippen LogP contribution in [0.4, 0.5) is 0 Å². The Labute approximate surface area is 158 Å². The maximum Gasteiger partial charge on any atom is 0.261 e. The van der Waals surface area contributed by atoms with Gasteiger partial charge in [0.25, 0.3) is 17.7 Å². The van der Waals surface area contributed by atoms with Gasteiger partial charge in [0.2, 0.25) is 0 Å². The Morgan fingerprint density at radius 2 is 1.85 bits per heavy atom. The average molecular weight is 382 g/mol. The molecule has 0 saturated carbocycles. The van der Waals surface area contributed by atoms with Crippen LogP contribution in [0.5, 0.6) is 0 Å². The highest BCUT2D eigenvalue weighted by Crippen LogP contribution is 2.24. The van der Waals surface area contributed by atoms with Gasteiger partial charge in [0.1, 0.15) is 0 Å². The third-order valence-electron chi connectivity index (χ3n) is 4.77. The van der Waals surface area contributed by atoms with Gasteiger partial charge in [0.05, 0.1) is 17.2 Å². The molecule has 0 bridgehead atoms. The number of halogens is 1. The van der Waals surface area contributed by atoms with Gasteiger partial charge in [-0.05, 0) is 44.0 Å². The van der Waals surface area contributed by atoms with Crippen LogP contribution in [0.2, 0.25) is 0 Å². The van der Waals surface area contributed by atoms with Crippen LogP contribution < -0.4 is 5.73 Å². The van der Waals surface area contributed by atoms with E-state index in [0.29, 0.717) is 42.9 Å². The Kier molecular flexibility index (Phi) is 6.75. The molecule has 7 nitrogen and oxygen atoms in total. The van der Waals surface area contributed by atoms with Crippen LogP contribution in [-0.2, 0) is 4.74 Å². The SMILES string of the molecule is CN1C(=O)c2ccc(C(=O)N3CCC(OCCCN)CC3)cc2C1=O.Cl. The van der Waals surface area contributed by atoms with Crippen LogP contribution in [0.15, 0.2) is 18.2 Å². The van der Waals surface area contributed by atoms with E-state index in [9.17, 15) is 14.4 Å². The molecule has 1 fully saturated rings. The molecule has 1 saturated heterocycles. The molecule has 0 aliphatic carbocycles. The standard InChI is InChI=1S/C18H23N3O4.ClH/c1-20-17(23)14-4-3-12(11-15(14)18(20)24)16(22)21-8-5-13(6-9-21)25-10-2-7-19;/h3-4,11,13H,2,5-10,19H2,1H3;1H. The lowest BCUT2D eigenvalue weighted by atomic mass is 10.0. The molecule has 2 N–H and O–H groups in total. The molecule has 8 heteroatoms. The van der Waals surface area contributed by atoms with Crippen molar-refractivity contribution in [2.45, 2.75) is 25.4 Å². The van der Waals surface area contributed by atoms with Gasteiger partial charge >= 0.3 is 0 Å². The number of carbonyl (C=O) groups is 3. The van der Waals surface area contributed by atoms with Gasteiger partial charge in [0.15, 0.2) is 0 Å². The van der Waals surface area contributed by atoms with E-state index in [1.807, 2.05) is 0 Å². The van der Waals surface area contributed by atoms with Crippen molar-refractivity contribution in [3.05, 3.63) is 34.9 Å². The van der Waals surface area contributed by atoms with Crippen molar-refractivity contribution in [2.75, 3.05) is 33.3 Å². The molecule has 2 aliphatic rings. The quantitative estimate of drug-likeness (QED) is 0.613. The van der Waals surface area contributed by atoms with Crippen molar-refractivity contribution in [3.8, 4) is 0 Å². The van der Waals surface area contributed by atoms with Gasteiger partial charge in [-0.1, -0.05) is 0 Å². The summed E-state index contributed by atoms with van der Waals surface area (Å²) >= 11 is 0. The van der Waals surface area contributed by atoms with Gasteiger partial charge in [0, 0.05) is 32.3 Å². The Bertz CT molecular complexity index is 702. The molecule has 0 aromatic heterocycles. The smallest absolute Gasteiger partial charge is 0.261 e. The van der Waals surface area contributed by atoms with Crippen LogP contribution >= 0.6 is 12.4 Å². The Morgan fingerprint density at radius 3 is 2.50 bits per heavy atom. The third kappa shape index (κ3) is 3.90. The van der Waals surface area contributed by atoms with Crippen molar-refractivity contribution in [1.29, 1.82) is 0 Å². The fourth-order valence-electron chi connectivity index (χ4n) is 3.24. The van der Waals surface area contributed by atoms with Gasteiger partial charge in [-0.3, -0.25) is 19.3 Å². The number of fused-ring (bicyclic) bond motifs is 1. The lowest BCUT2D eigenvalue weighted by Crippen LogP contribution is -2.41. The third-order valence-corrected chi connectivity index (χ3v) is 4.77. The predicted octanol–water partition coefficient (Wildman–Crippen LogP) is 1.30. The first-order chi connectivity index (χ1) is 12.0. The number of likely N-dealkylation sites (tertiary alicyclic amines) is 1. The lowest BCUT2D eigenvalue weighted by molar-refractivity contribution is 0.00844. The zero-order chi connectivity index (χ0) is 18.0. The van der Waals surface area contributed by atoms with Gasteiger partial charge in [-0.2, -0.15) is 0 Å². The number of hydrogen-bond donors (Lipinski definition) is 1. The monoisotopic (exact) mass is 381 g/mol. The minimum atomic E-state index is -0.360. The van der Waals surface area contributed by atoms with E-state index in [2.05, 4.69) is 0 Å². The number of piperidine rings is 1. The van der Waals surface area contributed by atoms with Crippen molar-refractivity contribution >= 4 is 30.1 Å². The van der Waals surface area contributed by atoms with E-state index >= 15 is 0 Å². The van der Waals surface area contributed by atoms with Crippen LogP contribution in [0, 0.1) is 0 Å². The zero-order valence-electron chi connectivity index (χ0n) is 14.8. The molecule has 0 unspecified atom stereocenters. The Hall–Kier alpha value is -1.96. The molecule has 26 heavy (non-hydrogen) atoms. The molecule has 0 radical (unpaired) electrons. The molecule has 2 heterocycles. The molecule has 1 aromatic rings. The number of nitrogens with zero attached hydrogens (tertiary/aromatic N) is 2. The second-order valence-electron chi connectivity index (χ2n) is 6.43. The summed E-state index contributed by atoms with van der Waals surface area (Å²) in [7, 11) is 1.45. The van der Waals surface area contributed by atoms with E-state index in [4.69, 9.17) is 10.5 Å². The Morgan fingerprint density at radius 1 is 1.19 bits per heavy atom. The highest BCUT2D eigenvalue weighted by molar-refractivity contribution is 6.21. The predicted molar refractivity (Wildman–Crippen MR) is 98.7 cm³/mol. The maximum absolute atomic E-state index is 12.7. The van der Waals surface area contributed by atoms with Crippen molar-refractivity contribution < 1.29 is 19.1 Å². The molecule has 0 atom stereocenters. The summed E-state index contributed by atoms with van der Waals surface area (Å²) in [6.07, 6.45) is 2.60. The largest absolute Gasteiger partial charge is 0.378 e. The average Bonchev–Trinajstić information content (AvgIpc) is 2.86. The number of imide groups is 1. The number of benzene rings is 1. The van der Waals surface area contributed by atoms with Crippen molar-refractivity contribution in [1.82, 2.24) is 9.80 Å². The van der Waals surface area contributed by atoms with E-state index in [1.54, 1.807) is 17.0 Å². The summed E-state index contributed by atoms with van der Waals surface area (Å²) in [4.78, 5) is 39.5. The van der Waals surface area contributed by atoms with Crippen molar-refractivity contribution in [2.24, 2.45) is 5.73 Å². The summed E-state index contributed by atoms with van der Waals surface area (Å²) < 4.78 is 5.75. The second-order valence-corrected chi connectivity index (χ2v) is 6.43. The number of hydrogen-bond acceptors (Lipinski definition) is 5. The molecule has 2 aliphatic heterocycles. The first-order valence-electron chi connectivity index (χ1n) is 8.60. The summed E-state index contributed by atoms with van der Waals surface area (Å²) in [5.74, 6) is -0.797. The molecular weight excluding hydrogens is 358 g/mol. The second kappa shape index (κ2) is 8.62. The van der Waals surface area contributed by atoms with Gasteiger partial charge in [-0.15, -0.1) is 12.4 Å². The minimum Gasteiger partial charge on any atom is -0.378 e. The van der Waals surface area contributed by atoms with Crippen LogP contribution in [0.25, 0.3) is 0 Å². The number of nitrogens with two attached hydrogens (primary N) is 1. The minimum absolute atomic E-state index is 0. The Balaban J connectivity index is 0.00000243. The number of amides is 3. The fourth-order valence-corrected chi connectivity index (χ4v) is 3.24. The molecule has 142 valence electrons. The summed E-state index contributed by atoms with van der Waals surface area (Å²) in [5, 5.41) is 0. The van der Waals surface area contributed by atoms with Crippen molar-refractivity contribution in [3.63, 3.8) is 0 Å². The molecular formula is C18H24ClN3O4. The zero-order valence-corrected chi connectivity index (χ0v) is 15.6. The highest BCUT2D eigenvalue weighted by atomic mass is 35.5. The van der Waals surface area contributed by atoms with Crippen LogP contribution in [0.1, 0.15) is 50.3 Å². The first kappa shape index (κ1) is 20.4.